The van der Waals surface area contributed by atoms with E-state index in [1.165, 1.54) is 43.4 Å². The largest absolute Gasteiger partial charge is 0.454 e. The molecule has 0 saturated heterocycles. The summed E-state index contributed by atoms with van der Waals surface area (Å²) in [7, 11) is 0. The fourth-order valence-electron chi connectivity index (χ4n) is 11.0. The average Bonchev–Trinajstić information content (AvgIpc) is 3.99. The molecule has 0 bridgehead atoms. The molecule has 0 fully saturated rings. The van der Waals surface area contributed by atoms with Gasteiger partial charge in [0.1, 0.15) is 11.1 Å². The van der Waals surface area contributed by atoms with Crippen molar-refractivity contribution < 1.29 is 4.42 Å². The van der Waals surface area contributed by atoms with E-state index in [4.69, 9.17) is 14.4 Å². The van der Waals surface area contributed by atoms with Crippen LogP contribution in [0.1, 0.15) is 0 Å². The monoisotopic (exact) mass is 800 g/mol. The molecule has 0 N–H and O–H groups in total. The van der Waals surface area contributed by atoms with Gasteiger partial charge in [-0.3, -0.25) is 4.57 Å². The second-order valence-electron chi connectivity index (χ2n) is 16.8. The first-order valence-electron chi connectivity index (χ1n) is 21.5. The van der Waals surface area contributed by atoms with Crippen molar-refractivity contribution >= 4 is 114 Å². The highest BCUT2D eigenvalue weighted by atomic mass is 16.3. The number of nitrogens with zero attached hydrogens (tertiary/aromatic N) is 4. The number of benzene rings is 10. The van der Waals surface area contributed by atoms with Crippen LogP contribution in [0.3, 0.4) is 0 Å². The van der Waals surface area contributed by atoms with E-state index in [-0.39, 0.29) is 0 Å². The van der Waals surface area contributed by atoms with Crippen LogP contribution in [0.15, 0.2) is 199 Å². The highest BCUT2D eigenvalue weighted by Gasteiger charge is 2.28. The molecule has 0 radical (unpaired) electrons. The standard InChI is InChI=1S/C58H32N4O/c1-2-16-35(17-3-1)50-36-18-6-4-14-33(36)28-30-43(50)54-44-31-29-34-15-5-7-19-37(34)53(44)59-58(60-54)62-47-26-13-22-40-42-24-12-23-41-38-20-8-10-25-46(38)61(55(41)42)48-32-45-39-21-9-11-27-49(39)63-57(45)56(62)52(48)51(40)47/h1-32H. The zero-order valence-corrected chi connectivity index (χ0v) is 33.7. The quantitative estimate of drug-likeness (QED) is 0.167. The van der Waals surface area contributed by atoms with Crippen LogP contribution in [-0.2, 0) is 0 Å². The Morgan fingerprint density at radius 3 is 1.92 bits per heavy atom. The Balaban J connectivity index is 1.20. The lowest BCUT2D eigenvalue weighted by Gasteiger charge is -2.17. The van der Waals surface area contributed by atoms with Crippen molar-refractivity contribution in [1.82, 2.24) is 18.9 Å². The van der Waals surface area contributed by atoms with Crippen molar-refractivity contribution in [3.63, 3.8) is 0 Å². The predicted octanol–water partition coefficient (Wildman–Crippen LogP) is 15.4. The smallest absolute Gasteiger partial charge is 0.235 e. The SMILES string of the molecule is c1ccc(-c2c(-c3nc(-n4c5cccc6c7cccc8c9ccccc9n(c9cc%10c%11ccccc%11oc%10c4c9c65)c78)nc4c3ccc3ccccc34)ccc3ccccc23)cc1. The Labute approximate surface area is 358 Å². The van der Waals surface area contributed by atoms with Crippen molar-refractivity contribution in [3.05, 3.63) is 194 Å². The van der Waals surface area contributed by atoms with Crippen LogP contribution in [0, 0.1) is 0 Å². The van der Waals surface area contributed by atoms with Gasteiger partial charge in [0.2, 0.25) is 5.95 Å². The summed E-state index contributed by atoms with van der Waals surface area (Å²) < 4.78 is 11.8. The fourth-order valence-corrected chi connectivity index (χ4v) is 11.0. The number of rotatable bonds is 3. The van der Waals surface area contributed by atoms with Gasteiger partial charge in [-0.15, -0.1) is 0 Å². The van der Waals surface area contributed by atoms with Gasteiger partial charge in [0, 0.05) is 54.0 Å². The molecule has 15 rings (SSSR count). The molecule has 0 atom stereocenters. The minimum absolute atomic E-state index is 0.591. The van der Waals surface area contributed by atoms with Gasteiger partial charge in [0.25, 0.3) is 0 Å². The first-order chi connectivity index (χ1) is 31.3. The third-order valence-electron chi connectivity index (χ3n) is 13.6. The maximum Gasteiger partial charge on any atom is 0.235 e. The van der Waals surface area contributed by atoms with Crippen molar-refractivity contribution in [2.45, 2.75) is 0 Å². The number of hydrogen-bond acceptors (Lipinski definition) is 3. The molecule has 0 aliphatic carbocycles. The summed E-state index contributed by atoms with van der Waals surface area (Å²) in [5.41, 5.74) is 12.2. The van der Waals surface area contributed by atoms with Gasteiger partial charge in [-0.05, 0) is 63.0 Å². The zero-order valence-electron chi connectivity index (χ0n) is 33.7. The number of hydrogen-bond donors (Lipinski definition) is 0. The van der Waals surface area contributed by atoms with E-state index < -0.39 is 0 Å². The summed E-state index contributed by atoms with van der Waals surface area (Å²) in [4.78, 5) is 11.5. The van der Waals surface area contributed by atoms with Gasteiger partial charge >= 0.3 is 0 Å². The summed E-state index contributed by atoms with van der Waals surface area (Å²) in [5, 5.41) is 14.8. The summed E-state index contributed by atoms with van der Waals surface area (Å²) in [5.74, 6) is 0.591. The van der Waals surface area contributed by atoms with E-state index >= 15 is 0 Å². The number of para-hydroxylation sites is 3. The molecule has 290 valence electrons. The average molecular weight is 801 g/mol. The summed E-state index contributed by atoms with van der Waals surface area (Å²) >= 11 is 0. The van der Waals surface area contributed by atoms with E-state index in [1.54, 1.807) is 0 Å². The molecule has 0 aliphatic rings. The molecule has 0 spiro atoms. The van der Waals surface area contributed by atoms with Crippen molar-refractivity contribution in [2.24, 2.45) is 0 Å². The predicted molar refractivity (Wildman–Crippen MR) is 262 cm³/mol. The maximum atomic E-state index is 7.05. The lowest BCUT2D eigenvalue weighted by molar-refractivity contribution is 0.671. The van der Waals surface area contributed by atoms with E-state index in [0.717, 1.165) is 93.3 Å². The minimum Gasteiger partial charge on any atom is -0.454 e. The molecule has 10 aromatic carbocycles. The number of aromatic nitrogens is 4. The molecule has 5 heterocycles. The van der Waals surface area contributed by atoms with Gasteiger partial charge in [-0.2, -0.15) is 0 Å². The van der Waals surface area contributed by atoms with Gasteiger partial charge in [0.15, 0.2) is 5.58 Å². The Hall–Kier alpha value is -8.54. The van der Waals surface area contributed by atoms with Crippen molar-refractivity contribution in [2.75, 3.05) is 0 Å². The third kappa shape index (κ3) is 4.30. The molecule has 0 saturated carbocycles. The summed E-state index contributed by atoms with van der Waals surface area (Å²) in [6.45, 7) is 0. The third-order valence-corrected chi connectivity index (χ3v) is 13.6. The maximum absolute atomic E-state index is 7.05. The molecule has 5 heteroatoms. The fraction of sp³-hybridized carbons (Fsp3) is 0. The lowest BCUT2D eigenvalue weighted by Crippen LogP contribution is -2.05. The van der Waals surface area contributed by atoms with Crippen LogP contribution >= 0.6 is 0 Å². The summed E-state index contributed by atoms with van der Waals surface area (Å²) in [6, 6.07) is 69.9. The second-order valence-corrected chi connectivity index (χ2v) is 16.8. The van der Waals surface area contributed by atoms with E-state index in [1.807, 2.05) is 0 Å². The van der Waals surface area contributed by atoms with Gasteiger partial charge in [-0.25, -0.2) is 9.97 Å². The second kappa shape index (κ2) is 12.1. The van der Waals surface area contributed by atoms with Crippen molar-refractivity contribution in [3.8, 4) is 28.3 Å². The number of fused-ring (bicyclic) bond motifs is 13. The molecule has 15 aromatic rings. The highest BCUT2D eigenvalue weighted by Crippen LogP contribution is 2.49. The molecule has 0 aliphatic heterocycles. The van der Waals surface area contributed by atoms with Crippen LogP contribution in [-0.4, -0.2) is 18.9 Å². The normalized spacial score (nSPS) is 12.4. The molecular weight excluding hydrogens is 769 g/mol. The molecular formula is C58H32N4O. The Bertz CT molecular complexity index is 4440. The van der Waals surface area contributed by atoms with Crippen LogP contribution in [0.4, 0.5) is 0 Å². The highest BCUT2D eigenvalue weighted by molar-refractivity contribution is 6.35. The van der Waals surface area contributed by atoms with Gasteiger partial charge in [-0.1, -0.05) is 164 Å². The zero-order chi connectivity index (χ0) is 40.9. The first-order valence-corrected chi connectivity index (χ1v) is 21.5. The molecule has 0 amide bonds. The molecule has 5 nitrogen and oxygen atoms in total. The van der Waals surface area contributed by atoms with Crippen LogP contribution in [0.25, 0.3) is 143 Å². The van der Waals surface area contributed by atoms with E-state index in [2.05, 4.69) is 203 Å². The molecule has 63 heavy (non-hydrogen) atoms. The van der Waals surface area contributed by atoms with Gasteiger partial charge in [0.05, 0.1) is 33.3 Å². The molecule has 5 aromatic heterocycles. The Morgan fingerprint density at radius 2 is 1.05 bits per heavy atom. The van der Waals surface area contributed by atoms with Crippen LogP contribution in [0.2, 0.25) is 0 Å². The van der Waals surface area contributed by atoms with Crippen LogP contribution < -0.4 is 0 Å². The Kier molecular flexibility index (Phi) is 6.36. The molecule has 0 unspecified atom stereocenters. The first kappa shape index (κ1) is 33.2. The van der Waals surface area contributed by atoms with Crippen molar-refractivity contribution in [1.29, 1.82) is 0 Å². The lowest BCUT2D eigenvalue weighted by atomic mass is 9.90. The summed E-state index contributed by atoms with van der Waals surface area (Å²) in [6.07, 6.45) is 0. The van der Waals surface area contributed by atoms with Crippen LogP contribution in [0.5, 0.6) is 0 Å². The van der Waals surface area contributed by atoms with Gasteiger partial charge < -0.3 is 8.82 Å². The van der Waals surface area contributed by atoms with E-state index in [0.29, 0.717) is 5.95 Å². The Morgan fingerprint density at radius 1 is 0.397 bits per heavy atom. The topological polar surface area (TPSA) is 48.3 Å². The minimum atomic E-state index is 0.591. The van der Waals surface area contributed by atoms with E-state index in [9.17, 15) is 0 Å². The number of furan rings is 1.